The zero-order valence-corrected chi connectivity index (χ0v) is 15.2. The molecule has 0 saturated heterocycles. The van der Waals surface area contributed by atoms with Gasteiger partial charge >= 0.3 is 0 Å². The van der Waals surface area contributed by atoms with Gasteiger partial charge in [-0.15, -0.1) is 0 Å². The average Bonchev–Trinajstić information content (AvgIpc) is 2.70. The van der Waals surface area contributed by atoms with Crippen LogP contribution in [-0.4, -0.2) is 31.5 Å². The van der Waals surface area contributed by atoms with Crippen LogP contribution >= 0.6 is 0 Å². The van der Waals surface area contributed by atoms with Gasteiger partial charge in [0.15, 0.2) is 0 Å². The predicted molar refractivity (Wildman–Crippen MR) is 104 cm³/mol. The third-order valence-electron chi connectivity index (χ3n) is 4.30. The summed E-state index contributed by atoms with van der Waals surface area (Å²) in [4.78, 5) is 0. The van der Waals surface area contributed by atoms with Gasteiger partial charge in [-0.3, -0.25) is 0 Å². The summed E-state index contributed by atoms with van der Waals surface area (Å²) >= 11 is 0. The first kappa shape index (κ1) is 19.3. The third-order valence-corrected chi connectivity index (χ3v) is 4.30. The number of halogens is 1. The number of fused-ring (bicyclic) bond motifs is 1. The molecular formula is C22H24FNO3. The molecule has 0 fully saturated rings. The minimum Gasteiger partial charge on any atom is -0.488 e. The second-order valence-electron chi connectivity index (χ2n) is 6.16. The molecule has 0 aliphatic heterocycles. The van der Waals surface area contributed by atoms with Crippen molar-refractivity contribution in [3.8, 4) is 5.75 Å². The van der Waals surface area contributed by atoms with E-state index < -0.39 is 0 Å². The van der Waals surface area contributed by atoms with Crippen molar-refractivity contribution in [2.75, 3.05) is 26.4 Å². The van der Waals surface area contributed by atoms with Gasteiger partial charge in [0.05, 0.1) is 19.8 Å². The highest BCUT2D eigenvalue weighted by atomic mass is 19.1. The smallest absolute Gasteiger partial charge is 0.129 e. The van der Waals surface area contributed by atoms with Gasteiger partial charge < -0.3 is 19.9 Å². The van der Waals surface area contributed by atoms with Gasteiger partial charge in [-0.2, -0.15) is 0 Å². The Kier molecular flexibility index (Phi) is 7.16. The molecule has 0 bridgehead atoms. The van der Waals surface area contributed by atoms with Gasteiger partial charge in [0.25, 0.3) is 0 Å². The van der Waals surface area contributed by atoms with Crippen molar-refractivity contribution in [1.29, 1.82) is 0 Å². The van der Waals surface area contributed by atoms with Crippen LogP contribution in [-0.2, 0) is 17.9 Å². The number of aliphatic hydroxyl groups is 1. The van der Waals surface area contributed by atoms with Crippen LogP contribution in [0, 0.1) is 5.82 Å². The molecule has 0 aromatic heterocycles. The molecule has 0 spiro atoms. The summed E-state index contributed by atoms with van der Waals surface area (Å²) in [6.07, 6.45) is 0. The highest BCUT2D eigenvalue weighted by Crippen LogP contribution is 2.29. The number of ether oxygens (including phenoxy) is 2. The van der Waals surface area contributed by atoms with Crippen LogP contribution in [0.4, 0.5) is 4.39 Å². The molecule has 0 atom stereocenters. The van der Waals surface area contributed by atoms with Gasteiger partial charge in [0.2, 0.25) is 0 Å². The van der Waals surface area contributed by atoms with Crippen LogP contribution < -0.4 is 10.1 Å². The highest BCUT2D eigenvalue weighted by molar-refractivity contribution is 5.87. The minimum atomic E-state index is -0.265. The number of hydrogen-bond donors (Lipinski definition) is 2. The molecule has 2 N–H and O–H groups in total. The Morgan fingerprint density at radius 1 is 0.926 bits per heavy atom. The van der Waals surface area contributed by atoms with E-state index in [4.69, 9.17) is 14.6 Å². The van der Waals surface area contributed by atoms with E-state index in [0.717, 1.165) is 22.1 Å². The Balaban J connectivity index is 1.74. The Bertz CT molecular complexity index is 869. The number of hydrogen-bond acceptors (Lipinski definition) is 4. The Hall–Kier alpha value is -2.47. The second kappa shape index (κ2) is 10.0. The summed E-state index contributed by atoms with van der Waals surface area (Å²) in [6, 6.07) is 18.7. The van der Waals surface area contributed by atoms with Crippen molar-refractivity contribution in [2.45, 2.75) is 13.2 Å². The molecule has 3 rings (SSSR count). The molecule has 0 aliphatic carbocycles. The van der Waals surface area contributed by atoms with Crippen LogP contribution in [0.5, 0.6) is 5.75 Å². The largest absolute Gasteiger partial charge is 0.488 e. The quantitative estimate of drug-likeness (QED) is 0.536. The molecule has 142 valence electrons. The van der Waals surface area contributed by atoms with E-state index in [9.17, 15) is 4.39 Å². The maximum Gasteiger partial charge on any atom is 0.129 e. The molecule has 0 aliphatic rings. The van der Waals surface area contributed by atoms with E-state index in [1.54, 1.807) is 18.2 Å². The van der Waals surface area contributed by atoms with Crippen LogP contribution in [0.3, 0.4) is 0 Å². The first-order valence-corrected chi connectivity index (χ1v) is 9.05. The minimum absolute atomic E-state index is 0.0252. The molecule has 0 heterocycles. The van der Waals surface area contributed by atoms with Crippen LogP contribution in [0.25, 0.3) is 10.8 Å². The normalized spacial score (nSPS) is 11.0. The highest BCUT2D eigenvalue weighted by Gasteiger charge is 2.10. The summed E-state index contributed by atoms with van der Waals surface area (Å²) in [7, 11) is 0. The van der Waals surface area contributed by atoms with Gasteiger partial charge in [0, 0.05) is 24.2 Å². The van der Waals surface area contributed by atoms with E-state index in [2.05, 4.69) is 17.4 Å². The summed E-state index contributed by atoms with van der Waals surface area (Å²) in [5.74, 6) is 0.472. The summed E-state index contributed by atoms with van der Waals surface area (Å²) in [6.45, 7) is 2.34. The maximum atomic E-state index is 13.9. The average molecular weight is 369 g/mol. The second-order valence-corrected chi connectivity index (χ2v) is 6.16. The number of rotatable bonds is 10. The standard InChI is InChI=1S/C22H24FNO3/c23-21-8-4-2-6-18(21)16-27-22-10-9-17-5-1-3-7-19(17)20(22)15-24-11-13-26-14-12-25/h1-10,24-25H,11-16H2. The number of aliphatic hydroxyl groups excluding tert-OH is 1. The van der Waals surface area contributed by atoms with Crippen LogP contribution in [0.1, 0.15) is 11.1 Å². The fourth-order valence-corrected chi connectivity index (χ4v) is 2.93. The van der Waals surface area contributed by atoms with Crippen molar-refractivity contribution in [1.82, 2.24) is 5.32 Å². The third kappa shape index (κ3) is 5.26. The van der Waals surface area contributed by atoms with Crippen LogP contribution in [0.2, 0.25) is 0 Å². The number of benzene rings is 3. The molecule has 3 aromatic carbocycles. The van der Waals surface area contributed by atoms with E-state index in [1.807, 2.05) is 24.3 Å². The van der Waals surface area contributed by atoms with Crippen molar-refractivity contribution in [2.24, 2.45) is 0 Å². The summed E-state index contributed by atoms with van der Waals surface area (Å²) < 4.78 is 25.1. The van der Waals surface area contributed by atoms with Gasteiger partial charge in [-0.05, 0) is 22.9 Å². The SMILES string of the molecule is OCCOCCNCc1c(OCc2ccccc2F)ccc2ccccc12. The van der Waals surface area contributed by atoms with Gasteiger partial charge in [-0.25, -0.2) is 4.39 Å². The topological polar surface area (TPSA) is 50.7 Å². The first-order valence-electron chi connectivity index (χ1n) is 9.05. The lowest BCUT2D eigenvalue weighted by atomic mass is 10.0. The van der Waals surface area contributed by atoms with Crippen molar-refractivity contribution >= 4 is 10.8 Å². The van der Waals surface area contributed by atoms with E-state index in [0.29, 0.717) is 31.9 Å². The van der Waals surface area contributed by atoms with Crippen molar-refractivity contribution in [3.05, 3.63) is 77.6 Å². The maximum absolute atomic E-state index is 13.9. The summed E-state index contributed by atoms with van der Waals surface area (Å²) in [5, 5.41) is 14.3. The fraction of sp³-hybridized carbons (Fsp3) is 0.273. The Labute approximate surface area is 158 Å². The summed E-state index contributed by atoms with van der Waals surface area (Å²) in [5.41, 5.74) is 1.56. The van der Waals surface area contributed by atoms with Gasteiger partial charge in [-0.1, -0.05) is 48.5 Å². The molecule has 0 unspecified atom stereocenters. The zero-order valence-electron chi connectivity index (χ0n) is 15.2. The molecule has 27 heavy (non-hydrogen) atoms. The van der Waals surface area contributed by atoms with E-state index in [1.165, 1.54) is 6.07 Å². The molecule has 5 heteroatoms. The lowest BCUT2D eigenvalue weighted by molar-refractivity contribution is 0.0938. The zero-order chi connectivity index (χ0) is 18.9. The van der Waals surface area contributed by atoms with Crippen LogP contribution in [0.15, 0.2) is 60.7 Å². The molecule has 0 saturated carbocycles. The van der Waals surface area contributed by atoms with E-state index in [-0.39, 0.29) is 19.0 Å². The molecule has 4 nitrogen and oxygen atoms in total. The lowest BCUT2D eigenvalue weighted by Gasteiger charge is -2.15. The monoisotopic (exact) mass is 369 g/mol. The molecular weight excluding hydrogens is 345 g/mol. The predicted octanol–water partition coefficient (Wildman–Crippen LogP) is 3.66. The molecule has 0 radical (unpaired) electrons. The molecule has 0 amide bonds. The fourth-order valence-electron chi connectivity index (χ4n) is 2.93. The van der Waals surface area contributed by atoms with Crippen molar-refractivity contribution in [3.63, 3.8) is 0 Å². The Morgan fingerprint density at radius 2 is 1.74 bits per heavy atom. The van der Waals surface area contributed by atoms with E-state index >= 15 is 0 Å². The Morgan fingerprint density at radius 3 is 2.59 bits per heavy atom. The lowest BCUT2D eigenvalue weighted by Crippen LogP contribution is -2.20. The van der Waals surface area contributed by atoms with Gasteiger partial charge in [0.1, 0.15) is 18.2 Å². The number of nitrogens with one attached hydrogen (secondary N) is 1. The van der Waals surface area contributed by atoms with Crippen molar-refractivity contribution < 1.29 is 19.0 Å². The first-order chi connectivity index (χ1) is 13.3. The molecule has 3 aromatic rings.